The quantitative estimate of drug-likeness (QED) is 0.516. The maximum Gasteiger partial charge on any atom is 0.220 e. The van der Waals surface area contributed by atoms with Gasteiger partial charge in [0, 0.05) is 24.0 Å². The van der Waals surface area contributed by atoms with Gasteiger partial charge in [0.25, 0.3) is 0 Å². The lowest BCUT2D eigenvalue weighted by Gasteiger charge is -2.14. The number of rotatable bonds is 8. The number of benzene rings is 1. The van der Waals surface area contributed by atoms with Crippen LogP contribution in [0.5, 0.6) is 5.75 Å². The van der Waals surface area contributed by atoms with Crippen molar-refractivity contribution in [2.24, 2.45) is 0 Å². The molecular formula is C17H24BrClN2O2. The first-order chi connectivity index (χ1) is 10.7. The Morgan fingerprint density at radius 1 is 1.26 bits per heavy atom. The molecule has 4 nitrogen and oxygen atoms in total. The molecule has 0 unspecified atom stereocenters. The van der Waals surface area contributed by atoms with Gasteiger partial charge in [0.2, 0.25) is 5.91 Å². The molecule has 1 aromatic carbocycles. The van der Waals surface area contributed by atoms with Crippen molar-refractivity contribution in [3.8, 4) is 5.75 Å². The summed E-state index contributed by atoms with van der Waals surface area (Å²) < 4.78 is 6.67. The highest BCUT2D eigenvalue weighted by Crippen LogP contribution is 2.16. The lowest BCUT2D eigenvalue weighted by Crippen LogP contribution is -2.29. The van der Waals surface area contributed by atoms with Crippen LogP contribution >= 0.6 is 28.3 Å². The second-order valence-corrected chi connectivity index (χ2v) is 6.27. The van der Waals surface area contributed by atoms with Gasteiger partial charge in [-0.25, -0.2) is 0 Å². The Labute approximate surface area is 152 Å². The van der Waals surface area contributed by atoms with Gasteiger partial charge < -0.3 is 15.4 Å². The summed E-state index contributed by atoms with van der Waals surface area (Å²) >= 11 is 3.39. The molecule has 1 aromatic rings. The van der Waals surface area contributed by atoms with E-state index in [4.69, 9.17) is 4.74 Å². The van der Waals surface area contributed by atoms with Crippen molar-refractivity contribution < 1.29 is 9.53 Å². The van der Waals surface area contributed by atoms with E-state index in [9.17, 15) is 4.79 Å². The Balaban J connectivity index is 0.00000264. The van der Waals surface area contributed by atoms with Gasteiger partial charge in [-0.3, -0.25) is 4.79 Å². The van der Waals surface area contributed by atoms with Crippen LogP contribution in [0, 0.1) is 0 Å². The smallest absolute Gasteiger partial charge is 0.220 e. The molecule has 0 radical (unpaired) electrons. The van der Waals surface area contributed by atoms with Crippen molar-refractivity contribution in [1.82, 2.24) is 10.6 Å². The van der Waals surface area contributed by atoms with Crippen LogP contribution in [0.1, 0.15) is 25.7 Å². The molecule has 0 saturated heterocycles. The summed E-state index contributed by atoms with van der Waals surface area (Å²) in [6.07, 6.45) is 5.49. The molecule has 0 aromatic heterocycles. The van der Waals surface area contributed by atoms with Crippen molar-refractivity contribution in [3.63, 3.8) is 0 Å². The number of nitrogens with one attached hydrogen (secondary N) is 2. The van der Waals surface area contributed by atoms with Crippen LogP contribution in [0.25, 0.3) is 0 Å². The molecule has 1 amide bonds. The van der Waals surface area contributed by atoms with Crippen molar-refractivity contribution in [1.29, 1.82) is 0 Å². The molecule has 0 saturated carbocycles. The topological polar surface area (TPSA) is 50.4 Å². The summed E-state index contributed by atoms with van der Waals surface area (Å²) in [6, 6.07) is 7.78. The van der Waals surface area contributed by atoms with Crippen LogP contribution in [-0.2, 0) is 4.79 Å². The SMILES string of the molecule is Cl.O=C(CCCCOc1ccc(Br)cc1)NCC1=CCNCC1. The molecule has 0 bridgehead atoms. The molecule has 23 heavy (non-hydrogen) atoms. The van der Waals surface area contributed by atoms with Gasteiger partial charge in [-0.2, -0.15) is 0 Å². The average Bonchev–Trinajstić information content (AvgIpc) is 2.55. The number of carbonyl (C=O) groups excluding carboxylic acids is 1. The molecule has 0 spiro atoms. The van der Waals surface area contributed by atoms with Crippen LogP contribution in [0.3, 0.4) is 0 Å². The Kier molecular flexibility index (Phi) is 9.99. The van der Waals surface area contributed by atoms with E-state index in [1.807, 2.05) is 24.3 Å². The summed E-state index contributed by atoms with van der Waals surface area (Å²) in [5.41, 5.74) is 1.32. The lowest BCUT2D eigenvalue weighted by molar-refractivity contribution is -0.121. The minimum Gasteiger partial charge on any atom is -0.494 e. The van der Waals surface area contributed by atoms with Crippen molar-refractivity contribution >= 4 is 34.2 Å². The summed E-state index contributed by atoms with van der Waals surface area (Å²) in [5, 5.41) is 6.25. The number of unbranched alkanes of at least 4 members (excludes halogenated alkanes) is 1. The van der Waals surface area contributed by atoms with Gasteiger partial charge in [0.05, 0.1) is 6.61 Å². The largest absolute Gasteiger partial charge is 0.494 e. The van der Waals surface area contributed by atoms with E-state index in [1.165, 1.54) is 5.57 Å². The van der Waals surface area contributed by atoms with Gasteiger partial charge in [-0.05, 0) is 50.1 Å². The number of amides is 1. The molecule has 2 rings (SSSR count). The maximum absolute atomic E-state index is 11.8. The Morgan fingerprint density at radius 2 is 2.04 bits per heavy atom. The van der Waals surface area contributed by atoms with E-state index in [2.05, 4.69) is 32.6 Å². The van der Waals surface area contributed by atoms with Crippen LogP contribution in [-0.4, -0.2) is 32.1 Å². The van der Waals surface area contributed by atoms with Gasteiger partial charge in [0.15, 0.2) is 0 Å². The highest BCUT2D eigenvalue weighted by molar-refractivity contribution is 9.10. The maximum atomic E-state index is 11.8. The van der Waals surface area contributed by atoms with E-state index in [0.717, 1.165) is 42.6 Å². The molecule has 0 fully saturated rings. The third kappa shape index (κ3) is 8.39. The lowest BCUT2D eigenvalue weighted by atomic mass is 10.1. The van der Waals surface area contributed by atoms with Gasteiger partial charge in [0.1, 0.15) is 5.75 Å². The minimum absolute atomic E-state index is 0. The first-order valence-corrected chi connectivity index (χ1v) is 8.57. The van der Waals surface area contributed by atoms with Crippen LogP contribution in [0.2, 0.25) is 0 Å². The zero-order chi connectivity index (χ0) is 15.6. The first kappa shape index (κ1) is 20.0. The fourth-order valence-electron chi connectivity index (χ4n) is 2.24. The minimum atomic E-state index is 0. The van der Waals surface area contributed by atoms with Crippen molar-refractivity contribution in [2.75, 3.05) is 26.2 Å². The summed E-state index contributed by atoms with van der Waals surface area (Å²) in [4.78, 5) is 11.8. The van der Waals surface area contributed by atoms with E-state index < -0.39 is 0 Å². The fourth-order valence-corrected chi connectivity index (χ4v) is 2.50. The fraction of sp³-hybridized carbons (Fsp3) is 0.471. The zero-order valence-corrected chi connectivity index (χ0v) is 15.5. The molecule has 128 valence electrons. The predicted octanol–water partition coefficient (Wildman–Crippen LogP) is 3.46. The Morgan fingerprint density at radius 3 is 2.74 bits per heavy atom. The van der Waals surface area contributed by atoms with E-state index >= 15 is 0 Å². The predicted molar refractivity (Wildman–Crippen MR) is 99.3 cm³/mol. The monoisotopic (exact) mass is 402 g/mol. The molecule has 0 atom stereocenters. The normalized spacial score (nSPS) is 13.7. The van der Waals surface area contributed by atoms with Crippen LogP contribution < -0.4 is 15.4 Å². The third-order valence-corrected chi connectivity index (χ3v) is 4.08. The van der Waals surface area contributed by atoms with Crippen LogP contribution in [0.15, 0.2) is 40.4 Å². The Bertz CT molecular complexity index is 506. The van der Waals surface area contributed by atoms with E-state index in [1.54, 1.807) is 0 Å². The molecular weight excluding hydrogens is 380 g/mol. The van der Waals surface area contributed by atoms with E-state index in [0.29, 0.717) is 19.6 Å². The molecule has 1 aliphatic rings. The zero-order valence-electron chi connectivity index (χ0n) is 13.1. The van der Waals surface area contributed by atoms with Gasteiger partial charge in [-0.1, -0.05) is 27.6 Å². The second kappa shape index (κ2) is 11.5. The average molecular weight is 404 g/mol. The summed E-state index contributed by atoms with van der Waals surface area (Å²) in [7, 11) is 0. The molecule has 0 aliphatic carbocycles. The number of carbonyl (C=O) groups is 1. The van der Waals surface area contributed by atoms with Crippen molar-refractivity contribution in [3.05, 3.63) is 40.4 Å². The molecule has 2 N–H and O–H groups in total. The van der Waals surface area contributed by atoms with E-state index in [-0.39, 0.29) is 18.3 Å². The number of halogens is 2. The molecule has 1 aliphatic heterocycles. The third-order valence-electron chi connectivity index (χ3n) is 3.55. The summed E-state index contributed by atoms with van der Waals surface area (Å²) in [6.45, 7) is 3.26. The number of ether oxygens (including phenoxy) is 1. The first-order valence-electron chi connectivity index (χ1n) is 7.78. The molecule has 1 heterocycles. The second-order valence-electron chi connectivity index (χ2n) is 5.35. The van der Waals surface area contributed by atoms with Crippen LogP contribution in [0.4, 0.5) is 0 Å². The Hall–Kier alpha value is -1.04. The number of hydrogen-bond donors (Lipinski definition) is 2. The van der Waals surface area contributed by atoms with Crippen molar-refractivity contribution in [2.45, 2.75) is 25.7 Å². The van der Waals surface area contributed by atoms with Gasteiger partial charge in [-0.15, -0.1) is 12.4 Å². The van der Waals surface area contributed by atoms with Gasteiger partial charge >= 0.3 is 0 Å². The standard InChI is InChI=1S/C17H23BrN2O2.ClH/c18-15-4-6-16(7-5-15)22-12-2-1-3-17(21)20-13-14-8-10-19-11-9-14;/h4-8,19H,1-3,9-13H2,(H,20,21);1H. The highest BCUT2D eigenvalue weighted by Gasteiger charge is 2.05. The number of hydrogen-bond acceptors (Lipinski definition) is 3. The molecule has 6 heteroatoms. The highest BCUT2D eigenvalue weighted by atomic mass is 79.9. The summed E-state index contributed by atoms with van der Waals surface area (Å²) in [5.74, 6) is 0.994.